The summed E-state index contributed by atoms with van der Waals surface area (Å²) >= 11 is 0. The Morgan fingerprint density at radius 1 is 1.12 bits per heavy atom. The molecule has 1 fully saturated rings. The van der Waals surface area contributed by atoms with Crippen molar-refractivity contribution in [3.05, 3.63) is 71.8 Å². The molecule has 25 heavy (non-hydrogen) atoms. The Labute approximate surface area is 149 Å². The standard InChI is InChI=1S/C21H25NO3/c1-24-20-12-13-25-15-19(20)22-21(23)14-18(16-8-4-2-5-9-16)17-10-6-3-7-11-17/h2-11,18-20H,12-15H2,1H3,(H,22,23)/t19-,20-/m1/s1. The highest BCUT2D eigenvalue weighted by Crippen LogP contribution is 2.28. The Hall–Kier alpha value is -2.17. The number of methoxy groups -OCH3 is 1. The Kier molecular flexibility index (Phi) is 6.20. The van der Waals surface area contributed by atoms with Crippen LogP contribution in [0.25, 0.3) is 0 Å². The van der Waals surface area contributed by atoms with Crippen LogP contribution in [0.15, 0.2) is 60.7 Å². The number of benzene rings is 2. The maximum Gasteiger partial charge on any atom is 0.221 e. The van der Waals surface area contributed by atoms with Gasteiger partial charge < -0.3 is 14.8 Å². The van der Waals surface area contributed by atoms with Crippen molar-refractivity contribution in [1.82, 2.24) is 5.32 Å². The molecule has 1 amide bonds. The van der Waals surface area contributed by atoms with Gasteiger partial charge in [0, 0.05) is 26.1 Å². The van der Waals surface area contributed by atoms with Gasteiger partial charge in [-0.05, 0) is 17.5 Å². The summed E-state index contributed by atoms with van der Waals surface area (Å²) in [6.07, 6.45) is 1.23. The number of carbonyl (C=O) groups is 1. The number of hydrogen-bond acceptors (Lipinski definition) is 3. The molecule has 2 aromatic rings. The minimum Gasteiger partial charge on any atom is -0.379 e. The van der Waals surface area contributed by atoms with Crippen LogP contribution in [-0.2, 0) is 14.3 Å². The van der Waals surface area contributed by atoms with Crippen molar-refractivity contribution in [3.8, 4) is 0 Å². The highest BCUT2D eigenvalue weighted by Gasteiger charge is 2.28. The average Bonchev–Trinajstić information content (AvgIpc) is 2.68. The van der Waals surface area contributed by atoms with E-state index >= 15 is 0 Å². The zero-order chi connectivity index (χ0) is 17.5. The zero-order valence-electron chi connectivity index (χ0n) is 14.6. The topological polar surface area (TPSA) is 47.6 Å². The third kappa shape index (κ3) is 4.68. The first-order chi connectivity index (χ1) is 12.3. The molecule has 0 unspecified atom stereocenters. The summed E-state index contributed by atoms with van der Waals surface area (Å²) in [5.74, 6) is 0.0585. The van der Waals surface area contributed by atoms with E-state index in [0.717, 1.165) is 17.5 Å². The first kappa shape index (κ1) is 17.6. The number of hydrogen-bond donors (Lipinski definition) is 1. The first-order valence-corrected chi connectivity index (χ1v) is 8.77. The molecule has 4 heteroatoms. The second kappa shape index (κ2) is 8.79. The van der Waals surface area contributed by atoms with Crippen molar-refractivity contribution in [3.63, 3.8) is 0 Å². The van der Waals surface area contributed by atoms with Gasteiger partial charge in [-0.25, -0.2) is 0 Å². The molecule has 1 N–H and O–H groups in total. The summed E-state index contributed by atoms with van der Waals surface area (Å²) in [6.45, 7) is 1.19. The molecule has 0 aliphatic carbocycles. The second-order valence-corrected chi connectivity index (χ2v) is 6.39. The van der Waals surface area contributed by atoms with Crippen molar-refractivity contribution in [2.45, 2.75) is 30.9 Å². The Balaban J connectivity index is 1.73. The van der Waals surface area contributed by atoms with Gasteiger partial charge in [-0.1, -0.05) is 60.7 Å². The monoisotopic (exact) mass is 339 g/mol. The van der Waals surface area contributed by atoms with Gasteiger partial charge in [0.2, 0.25) is 5.91 Å². The summed E-state index contributed by atoms with van der Waals surface area (Å²) in [5, 5.41) is 3.10. The van der Waals surface area contributed by atoms with Gasteiger partial charge in [0.05, 0.1) is 18.8 Å². The molecular weight excluding hydrogens is 314 g/mol. The molecule has 2 atom stereocenters. The third-order valence-electron chi connectivity index (χ3n) is 4.74. The number of rotatable bonds is 6. The summed E-state index contributed by atoms with van der Waals surface area (Å²) in [7, 11) is 1.69. The van der Waals surface area contributed by atoms with Gasteiger partial charge in [0.15, 0.2) is 0 Å². The van der Waals surface area contributed by atoms with Gasteiger partial charge in [-0.2, -0.15) is 0 Å². The van der Waals surface area contributed by atoms with E-state index < -0.39 is 0 Å². The highest BCUT2D eigenvalue weighted by atomic mass is 16.5. The van der Waals surface area contributed by atoms with Crippen LogP contribution >= 0.6 is 0 Å². The fourth-order valence-electron chi connectivity index (χ4n) is 3.38. The molecule has 1 aliphatic heterocycles. The summed E-state index contributed by atoms with van der Waals surface area (Å²) in [4.78, 5) is 12.7. The SMILES string of the molecule is CO[C@@H]1CCOC[C@H]1NC(=O)CC(c1ccccc1)c1ccccc1. The number of amides is 1. The van der Waals surface area contributed by atoms with Crippen molar-refractivity contribution >= 4 is 5.91 Å². The Bertz CT molecular complexity index is 620. The molecule has 0 spiro atoms. The quantitative estimate of drug-likeness (QED) is 0.879. The van der Waals surface area contributed by atoms with Crippen LogP contribution < -0.4 is 5.32 Å². The van der Waals surface area contributed by atoms with Crippen LogP contribution in [0.1, 0.15) is 29.9 Å². The highest BCUT2D eigenvalue weighted by molar-refractivity contribution is 5.78. The number of carbonyl (C=O) groups excluding carboxylic acids is 1. The van der Waals surface area contributed by atoms with Gasteiger partial charge in [-0.15, -0.1) is 0 Å². The molecule has 4 nitrogen and oxygen atoms in total. The van der Waals surface area contributed by atoms with Gasteiger partial charge in [0.25, 0.3) is 0 Å². The van der Waals surface area contributed by atoms with Crippen LogP contribution in [0, 0.1) is 0 Å². The summed E-state index contributed by atoms with van der Waals surface area (Å²) in [5.41, 5.74) is 2.29. The maximum absolute atomic E-state index is 12.7. The first-order valence-electron chi connectivity index (χ1n) is 8.77. The van der Waals surface area contributed by atoms with E-state index in [-0.39, 0.29) is 24.0 Å². The molecule has 3 rings (SSSR count). The smallest absolute Gasteiger partial charge is 0.221 e. The zero-order valence-corrected chi connectivity index (χ0v) is 14.6. The van der Waals surface area contributed by atoms with E-state index in [1.165, 1.54) is 0 Å². The normalized spacial score (nSPS) is 20.4. The Morgan fingerprint density at radius 3 is 2.28 bits per heavy atom. The van der Waals surface area contributed by atoms with E-state index in [1.807, 2.05) is 36.4 Å². The molecule has 0 saturated carbocycles. The second-order valence-electron chi connectivity index (χ2n) is 6.39. The number of ether oxygens (including phenoxy) is 2. The largest absolute Gasteiger partial charge is 0.379 e. The molecule has 2 aromatic carbocycles. The minimum absolute atomic E-state index is 0.0181. The number of nitrogens with one attached hydrogen (secondary N) is 1. The van der Waals surface area contributed by atoms with Crippen LogP contribution in [0.3, 0.4) is 0 Å². The van der Waals surface area contributed by atoms with Crippen molar-refractivity contribution in [2.24, 2.45) is 0 Å². The van der Waals surface area contributed by atoms with Gasteiger partial charge in [-0.3, -0.25) is 4.79 Å². The van der Waals surface area contributed by atoms with E-state index in [2.05, 4.69) is 29.6 Å². The van der Waals surface area contributed by atoms with Crippen LogP contribution in [0.2, 0.25) is 0 Å². The van der Waals surface area contributed by atoms with Gasteiger partial charge >= 0.3 is 0 Å². The van der Waals surface area contributed by atoms with E-state index in [4.69, 9.17) is 9.47 Å². The van der Waals surface area contributed by atoms with E-state index in [1.54, 1.807) is 7.11 Å². The molecule has 0 bridgehead atoms. The lowest BCUT2D eigenvalue weighted by atomic mass is 9.88. The van der Waals surface area contributed by atoms with Crippen LogP contribution in [0.4, 0.5) is 0 Å². The third-order valence-corrected chi connectivity index (χ3v) is 4.74. The lowest BCUT2D eigenvalue weighted by molar-refractivity contribution is -0.125. The van der Waals surface area contributed by atoms with E-state index in [0.29, 0.717) is 19.6 Å². The predicted molar refractivity (Wildman–Crippen MR) is 97.5 cm³/mol. The molecule has 0 aromatic heterocycles. The predicted octanol–water partition coefficient (Wildman–Crippen LogP) is 3.13. The minimum atomic E-state index is -0.0848. The maximum atomic E-state index is 12.7. The summed E-state index contributed by atoms with van der Waals surface area (Å²) < 4.78 is 11.0. The van der Waals surface area contributed by atoms with Crippen molar-refractivity contribution < 1.29 is 14.3 Å². The van der Waals surface area contributed by atoms with Crippen molar-refractivity contribution in [2.75, 3.05) is 20.3 Å². The lowest BCUT2D eigenvalue weighted by Gasteiger charge is -2.31. The molecule has 132 valence electrons. The average molecular weight is 339 g/mol. The van der Waals surface area contributed by atoms with Gasteiger partial charge in [0.1, 0.15) is 0 Å². The van der Waals surface area contributed by atoms with E-state index in [9.17, 15) is 4.79 Å². The molecular formula is C21H25NO3. The molecule has 0 radical (unpaired) electrons. The molecule has 1 saturated heterocycles. The molecule has 1 heterocycles. The molecule has 1 aliphatic rings. The van der Waals surface area contributed by atoms with Crippen LogP contribution in [-0.4, -0.2) is 38.4 Å². The van der Waals surface area contributed by atoms with Crippen LogP contribution in [0.5, 0.6) is 0 Å². The fraction of sp³-hybridized carbons (Fsp3) is 0.381. The lowest BCUT2D eigenvalue weighted by Crippen LogP contribution is -2.50. The fourth-order valence-corrected chi connectivity index (χ4v) is 3.38. The summed E-state index contributed by atoms with van der Waals surface area (Å²) in [6, 6.07) is 20.3. The Morgan fingerprint density at radius 2 is 1.72 bits per heavy atom. The van der Waals surface area contributed by atoms with Crippen molar-refractivity contribution in [1.29, 1.82) is 0 Å².